The van der Waals surface area contributed by atoms with Gasteiger partial charge in [-0.1, -0.05) is 30.3 Å². The van der Waals surface area contributed by atoms with E-state index in [0.29, 0.717) is 5.56 Å². The Morgan fingerprint density at radius 3 is 2.41 bits per heavy atom. The van der Waals surface area contributed by atoms with E-state index in [0.717, 1.165) is 11.3 Å². The van der Waals surface area contributed by atoms with Crippen molar-refractivity contribution < 1.29 is 4.39 Å². The zero-order valence-electron chi connectivity index (χ0n) is 10.1. The van der Waals surface area contributed by atoms with Crippen LogP contribution in [0.4, 0.5) is 10.1 Å². The Morgan fingerprint density at radius 1 is 1.06 bits per heavy atom. The lowest BCUT2D eigenvalue weighted by Crippen LogP contribution is -2.06. The standard InChI is InChI=1S/C15H16FN/c1-11-8-9-13(10-15(11)16)12(2)17-14-6-4-3-5-7-14/h3-10,12,17H,1-2H3. The highest BCUT2D eigenvalue weighted by Crippen LogP contribution is 2.20. The summed E-state index contributed by atoms with van der Waals surface area (Å²) >= 11 is 0. The van der Waals surface area contributed by atoms with Gasteiger partial charge in [0.15, 0.2) is 0 Å². The lowest BCUT2D eigenvalue weighted by Gasteiger charge is -2.16. The van der Waals surface area contributed by atoms with E-state index in [1.54, 1.807) is 13.0 Å². The van der Waals surface area contributed by atoms with Crippen LogP contribution in [0, 0.1) is 12.7 Å². The first-order valence-corrected chi connectivity index (χ1v) is 5.74. The first-order valence-electron chi connectivity index (χ1n) is 5.74. The number of nitrogens with one attached hydrogen (secondary N) is 1. The van der Waals surface area contributed by atoms with Crippen LogP contribution in [0.25, 0.3) is 0 Å². The van der Waals surface area contributed by atoms with Crippen molar-refractivity contribution in [1.82, 2.24) is 0 Å². The molecule has 2 heteroatoms. The summed E-state index contributed by atoms with van der Waals surface area (Å²) in [5, 5.41) is 3.34. The maximum absolute atomic E-state index is 13.5. The van der Waals surface area contributed by atoms with Gasteiger partial charge in [-0.25, -0.2) is 4.39 Å². The van der Waals surface area contributed by atoms with Crippen LogP contribution >= 0.6 is 0 Å². The monoisotopic (exact) mass is 229 g/mol. The van der Waals surface area contributed by atoms with E-state index in [1.807, 2.05) is 49.4 Å². The second kappa shape index (κ2) is 5.00. The summed E-state index contributed by atoms with van der Waals surface area (Å²) < 4.78 is 13.5. The molecule has 1 N–H and O–H groups in total. The Bertz CT molecular complexity index is 494. The summed E-state index contributed by atoms with van der Waals surface area (Å²) in [7, 11) is 0. The Labute approximate surface area is 101 Å². The highest BCUT2D eigenvalue weighted by Gasteiger charge is 2.07. The summed E-state index contributed by atoms with van der Waals surface area (Å²) in [5.41, 5.74) is 2.68. The number of benzene rings is 2. The molecule has 0 radical (unpaired) electrons. The zero-order valence-corrected chi connectivity index (χ0v) is 10.1. The summed E-state index contributed by atoms with van der Waals surface area (Å²) in [5.74, 6) is -0.149. The number of aryl methyl sites for hydroxylation is 1. The van der Waals surface area contributed by atoms with Crippen LogP contribution in [0.3, 0.4) is 0 Å². The molecular weight excluding hydrogens is 213 g/mol. The topological polar surface area (TPSA) is 12.0 Å². The van der Waals surface area contributed by atoms with Gasteiger partial charge in [-0.3, -0.25) is 0 Å². The van der Waals surface area contributed by atoms with Gasteiger partial charge < -0.3 is 5.32 Å². The van der Waals surface area contributed by atoms with Crippen LogP contribution in [0.5, 0.6) is 0 Å². The summed E-state index contributed by atoms with van der Waals surface area (Å²) in [4.78, 5) is 0. The molecule has 0 aromatic heterocycles. The van der Waals surface area contributed by atoms with Crippen molar-refractivity contribution in [3.63, 3.8) is 0 Å². The average molecular weight is 229 g/mol. The number of rotatable bonds is 3. The maximum atomic E-state index is 13.5. The fourth-order valence-corrected chi connectivity index (χ4v) is 1.75. The van der Waals surface area contributed by atoms with Crippen LogP contribution in [-0.2, 0) is 0 Å². The second-order valence-electron chi connectivity index (χ2n) is 4.24. The first-order chi connectivity index (χ1) is 8.16. The number of hydrogen-bond acceptors (Lipinski definition) is 1. The molecule has 2 rings (SSSR count). The average Bonchev–Trinajstić information content (AvgIpc) is 2.34. The quantitative estimate of drug-likeness (QED) is 0.827. The summed E-state index contributed by atoms with van der Waals surface area (Å²) in [6, 6.07) is 15.4. The number of para-hydroxylation sites is 1. The fraction of sp³-hybridized carbons (Fsp3) is 0.200. The Kier molecular flexibility index (Phi) is 3.43. The Morgan fingerprint density at radius 2 is 1.76 bits per heavy atom. The molecule has 0 spiro atoms. The minimum atomic E-state index is -0.149. The van der Waals surface area contributed by atoms with Gasteiger partial charge in [0.05, 0.1) is 0 Å². The second-order valence-corrected chi connectivity index (χ2v) is 4.24. The molecule has 0 aliphatic heterocycles. The van der Waals surface area contributed by atoms with Crippen LogP contribution in [-0.4, -0.2) is 0 Å². The van der Waals surface area contributed by atoms with Crippen molar-refractivity contribution in [2.75, 3.05) is 5.32 Å². The van der Waals surface area contributed by atoms with Crippen molar-refractivity contribution in [1.29, 1.82) is 0 Å². The summed E-state index contributed by atoms with van der Waals surface area (Å²) in [6.45, 7) is 3.80. The Balaban J connectivity index is 2.14. The molecule has 1 unspecified atom stereocenters. The fourth-order valence-electron chi connectivity index (χ4n) is 1.75. The lowest BCUT2D eigenvalue weighted by molar-refractivity contribution is 0.614. The van der Waals surface area contributed by atoms with Gasteiger partial charge in [0, 0.05) is 11.7 Å². The third-order valence-corrected chi connectivity index (χ3v) is 2.85. The van der Waals surface area contributed by atoms with Crippen LogP contribution < -0.4 is 5.32 Å². The number of halogens is 1. The van der Waals surface area contributed by atoms with E-state index in [1.165, 1.54) is 0 Å². The SMILES string of the molecule is Cc1ccc(C(C)Nc2ccccc2)cc1F. The molecule has 0 saturated heterocycles. The molecular formula is C15H16FN. The molecule has 0 bridgehead atoms. The normalized spacial score (nSPS) is 12.2. The third-order valence-electron chi connectivity index (χ3n) is 2.85. The van der Waals surface area contributed by atoms with Crippen molar-refractivity contribution in [3.8, 4) is 0 Å². The molecule has 2 aromatic carbocycles. The molecule has 0 amide bonds. The minimum absolute atomic E-state index is 0.0903. The highest BCUT2D eigenvalue weighted by atomic mass is 19.1. The molecule has 1 nitrogen and oxygen atoms in total. The lowest BCUT2D eigenvalue weighted by atomic mass is 10.1. The zero-order chi connectivity index (χ0) is 12.3. The van der Waals surface area contributed by atoms with E-state index in [4.69, 9.17) is 0 Å². The maximum Gasteiger partial charge on any atom is 0.126 e. The summed E-state index contributed by atoms with van der Waals surface area (Å²) in [6.07, 6.45) is 0. The molecule has 0 saturated carbocycles. The van der Waals surface area contributed by atoms with Crippen LogP contribution in [0.1, 0.15) is 24.1 Å². The molecule has 88 valence electrons. The van der Waals surface area contributed by atoms with Gasteiger partial charge >= 0.3 is 0 Å². The van der Waals surface area contributed by atoms with Crippen LogP contribution in [0.2, 0.25) is 0 Å². The molecule has 17 heavy (non-hydrogen) atoms. The van der Waals surface area contributed by atoms with E-state index in [2.05, 4.69) is 5.32 Å². The van der Waals surface area contributed by atoms with Crippen LogP contribution in [0.15, 0.2) is 48.5 Å². The van der Waals surface area contributed by atoms with Gasteiger partial charge in [-0.2, -0.15) is 0 Å². The molecule has 1 atom stereocenters. The molecule has 0 heterocycles. The first kappa shape index (κ1) is 11.6. The number of anilines is 1. The van der Waals surface area contributed by atoms with Crippen molar-refractivity contribution in [2.45, 2.75) is 19.9 Å². The van der Waals surface area contributed by atoms with Crippen molar-refractivity contribution in [2.24, 2.45) is 0 Å². The number of hydrogen-bond donors (Lipinski definition) is 1. The smallest absolute Gasteiger partial charge is 0.126 e. The van der Waals surface area contributed by atoms with Gasteiger partial charge in [-0.15, -0.1) is 0 Å². The van der Waals surface area contributed by atoms with Gasteiger partial charge in [0.1, 0.15) is 5.82 Å². The largest absolute Gasteiger partial charge is 0.379 e. The van der Waals surface area contributed by atoms with E-state index in [-0.39, 0.29) is 11.9 Å². The van der Waals surface area contributed by atoms with Crippen molar-refractivity contribution in [3.05, 3.63) is 65.5 Å². The van der Waals surface area contributed by atoms with Gasteiger partial charge in [0.2, 0.25) is 0 Å². The van der Waals surface area contributed by atoms with E-state index >= 15 is 0 Å². The minimum Gasteiger partial charge on any atom is -0.379 e. The predicted molar refractivity (Wildman–Crippen MR) is 69.6 cm³/mol. The van der Waals surface area contributed by atoms with E-state index < -0.39 is 0 Å². The van der Waals surface area contributed by atoms with Gasteiger partial charge in [-0.05, 0) is 43.2 Å². The third kappa shape index (κ3) is 2.84. The highest BCUT2D eigenvalue weighted by molar-refractivity contribution is 5.45. The van der Waals surface area contributed by atoms with Gasteiger partial charge in [0.25, 0.3) is 0 Å². The molecule has 0 aliphatic carbocycles. The predicted octanol–water partition coefficient (Wildman–Crippen LogP) is 4.31. The Hall–Kier alpha value is -1.83. The molecule has 0 fully saturated rings. The van der Waals surface area contributed by atoms with E-state index in [9.17, 15) is 4.39 Å². The molecule has 2 aromatic rings. The van der Waals surface area contributed by atoms with Crippen molar-refractivity contribution >= 4 is 5.69 Å². The molecule has 0 aliphatic rings.